The fourth-order valence-corrected chi connectivity index (χ4v) is 2.50. The zero-order chi connectivity index (χ0) is 21.4. The van der Waals surface area contributed by atoms with Gasteiger partial charge in [-0.25, -0.2) is 23.5 Å². The van der Waals surface area contributed by atoms with Gasteiger partial charge in [-0.1, -0.05) is 30.6 Å². The topological polar surface area (TPSA) is 116 Å². The highest BCUT2D eigenvalue weighted by Gasteiger charge is 2.23. The number of rotatable bonds is 5. The number of nitrogens with zero attached hydrogens (tertiary/aromatic N) is 4. The third-order valence-corrected chi connectivity index (χ3v) is 3.72. The van der Waals surface area contributed by atoms with Gasteiger partial charge < -0.3 is 10.1 Å². The third-order valence-electron chi connectivity index (χ3n) is 3.72. The highest BCUT2D eigenvalue weighted by atomic mass is 16.7. The number of carbonyl (C=O) groups excluding carboxylic acids is 3. The summed E-state index contributed by atoms with van der Waals surface area (Å²) >= 11 is 0. The van der Waals surface area contributed by atoms with Crippen LogP contribution in [0, 0.1) is 0 Å². The molecule has 10 heteroatoms. The molecule has 0 aliphatic heterocycles. The van der Waals surface area contributed by atoms with Crippen LogP contribution in [-0.2, 0) is 9.57 Å². The number of para-hydroxylation sites is 2. The fraction of sp³-hybridized carbons (Fsp3) is 0.421. The molecule has 2 amide bonds. The second-order valence-electron chi connectivity index (χ2n) is 6.25. The SMILES string of the molecule is CCCCNC(=O)n1c(=NC(=O)OCC)n(C(=O)ON=C(C)C)c2ccccc21. The van der Waals surface area contributed by atoms with Crippen molar-refractivity contribution in [3.63, 3.8) is 0 Å². The zero-order valence-corrected chi connectivity index (χ0v) is 17.0. The van der Waals surface area contributed by atoms with Crippen LogP contribution >= 0.6 is 0 Å². The fourth-order valence-electron chi connectivity index (χ4n) is 2.50. The third kappa shape index (κ3) is 5.31. The number of imidazole rings is 1. The van der Waals surface area contributed by atoms with Gasteiger partial charge in [-0.05, 0) is 39.3 Å². The van der Waals surface area contributed by atoms with Crippen LogP contribution in [0.25, 0.3) is 11.0 Å². The molecule has 0 atom stereocenters. The van der Waals surface area contributed by atoms with Gasteiger partial charge in [0.15, 0.2) is 0 Å². The minimum absolute atomic E-state index is 0.0923. The summed E-state index contributed by atoms with van der Waals surface area (Å²) in [7, 11) is 0. The van der Waals surface area contributed by atoms with Crippen LogP contribution in [0.15, 0.2) is 34.4 Å². The van der Waals surface area contributed by atoms with E-state index >= 15 is 0 Å². The minimum Gasteiger partial charge on any atom is -0.448 e. The number of aromatic nitrogens is 2. The quantitative estimate of drug-likeness (QED) is 0.356. The number of fused-ring (bicyclic) bond motifs is 1. The van der Waals surface area contributed by atoms with Gasteiger partial charge in [-0.2, -0.15) is 0 Å². The Morgan fingerprint density at radius 3 is 2.31 bits per heavy atom. The van der Waals surface area contributed by atoms with Crippen LogP contribution in [-0.4, -0.2) is 46.2 Å². The lowest BCUT2D eigenvalue weighted by atomic mass is 10.3. The molecule has 0 bridgehead atoms. The van der Waals surface area contributed by atoms with Crippen molar-refractivity contribution in [1.82, 2.24) is 14.5 Å². The lowest BCUT2D eigenvalue weighted by molar-refractivity contribution is 0.151. The maximum Gasteiger partial charge on any atom is 0.447 e. The second kappa shape index (κ2) is 10.2. The average molecular weight is 403 g/mol. The van der Waals surface area contributed by atoms with Crippen LogP contribution in [0.4, 0.5) is 14.4 Å². The molecule has 1 aromatic carbocycles. The van der Waals surface area contributed by atoms with E-state index in [2.05, 4.69) is 15.5 Å². The molecule has 0 unspecified atom stereocenters. The van der Waals surface area contributed by atoms with Crippen molar-refractivity contribution in [2.75, 3.05) is 13.2 Å². The van der Waals surface area contributed by atoms with Crippen LogP contribution in [0.3, 0.4) is 0 Å². The average Bonchev–Trinajstić information content (AvgIpc) is 3.00. The molecule has 0 fully saturated rings. The first-order valence-corrected chi connectivity index (χ1v) is 9.35. The lowest BCUT2D eigenvalue weighted by Crippen LogP contribution is -2.40. The summed E-state index contributed by atoms with van der Waals surface area (Å²) in [6, 6.07) is 6.11. The minimum atomic E-state index is -0.936. The molecule has 1 N–H and O–H groups in total. The number of benzene rings is 1. The molecule has 0 spiro atoms. The van der Waals surface area contributed by atoms with Gasteiger partial charge in [0.05, 0.1) is 23.4 Å². The summed E-state index contributed by atoms with van der Waals surface area (Å²) in [6.45, 7) is 7.47. The van der Waals surface area contributed by atoms with E-state index in [1.807, 2.05) is 6.92 Å². The molecule has 10 nitrogen and oxygen atoms in total. The van der Waals surface area contributed by atoms with Gasteiger partial charge in [-0.15, -0.1) is 4.99 Å². The van der Waals surface area contributed by atoms with Gasteiger partial charge in [0.1, 0.15) is 0 Å². The summed E-state index contributed by atoms with van der Waals surface area (Å²) in [5.74, 6) is 0. The van der Waals surface area contributed by atoms with Gasteiger partial charge in [-0.3, -0.25) is 4.84 Å². The summed E-state index contributed by atoms with van der Waals surface area (Å²) in [4.78, 5) is 46.3. The Morgan fingerprint density at radius 2 is 1.72 bits per heavy atom. The van der Waals surface area contributed by atoms with Crippen molar-refractivity contribution < 1.29 is 24.0 Å². The molecular weight excluding hydrogens is 378 g/mol. The van der Waals surface area contributed by atoms with Crippen LogP contribution in [0.2, 0.25) is 0 Å². The van der Waals surface area contributed by atoms with Crippen molar-refractivity contribution in [2.24, 2.45) is 10.1 Å². The maximum absolute atomic E-state index is 12.8. The predicted octanol–water partition coefficient (Wildman–Crippen LogP) is 3.24. The van der Waals surface area contributed by atoms with E-state index in [0.717, 1.165) is 22.0 Å². The van der Waals surface area contributed by atoms with Gasteiger partial charge >= 0.3 is 18.2 Å². The van der Waals surface area contributed by atoms with Crippen LogP contribution in [0.5, 0.6) is 0 Å². The standard InChI is InChI=1S/C19H25N5O5/c1-5-7-12-20-17(25)23-14-10-8-9-11-15(14)24(19(27)29-22-13(3)4)16(23)21-18(26)28-6-2/h8-11H,5-7,12H2,1-4H3,(H,20,25). The molecule has 2 aromatic rings. The molecule has 0 aliphatic rings. The lowest BCUT2D eigenvalue weighted by Gasteiger charge is -2.06. The number of oxime groups is 1. The molecule has 0 aliphatic carbocycles. The zero-order valence-electron chi connectivity index (χ0n) is 17.0. The first kappa shape index (κ1) is 21.9. The van der Waals surface area contributed by atoms with Crippen molar-refractivity contribution in [3.05, 3.63) is 29.9 Å². The smallest absolute Gasteiger partial charge is 0.447 e. The van der Waals surface area contributed by atoms with Crippen molar-refractivity contribution in [2.45, 2.75) is 40.5 Å². The Bertz CT molecular complexity index is 998. The molecule has 0 radical (unpaired) electrons. The molecule has 0 saturated heterocycles. The van der Waals surface area contributed by atoms with Crippen LogP contribution < -0.4 is 10.9 Å². The molecule has 2 rings (SSSR count). The van der Waals surface area contributed by atoms with Gasteiger partial charge in [0, 0.05) is 6.54 Å². The van der Waals surface area contributed by atoms with E-state index in [4.69, 9.17) is 9.57 Å². The Morgan fingerprint density at radius 1 is 1.07 bits per heavy atom. The summed E-state index contributed by atoms with van der Waals surface area (Å²) in [5.41, 5.74) is 0.977. The first-order valence-electron chi connectivity index (χ1n) is 9.35. The summed E-state index contributed by atoms with van der Waals surface area (Å²) in [5, 5.41) is 6.42. The van der Waals surface area contributed by atoms with Crippen molar-refractivity contribution >= 4 is 35.0 Å². The second-order valence-corrected chi connectivity index (χ2v) is 6.25. The van der Waals surface area contributed by atoms with E-state index in [1.54, 1.807) is 45.0 Å². The normalized spacial score (nSPS) is 11.2. The Balaban J connectivity index is 2.72. The highest BCUT2D eigenvalue weighted by molar-refractivity contribution is 5.94. The Labute approximate surface area is 167 Å². The molecule has 1 aromatic heterocycles. The Hall–Kier alpha value is -3.43. The highest BCUT2D eigenvalue weighted by Crippen LogP contribution is 2.13. The van der Waals surface area contributed by atoms with Crippen LogP contribution in [0.1, 0.15) is 40.5 Å². The molecule has 0 saturated carbocycles. The first-order chi connectivity index (χ1) is 13.9. The maximum atomic E-state index is 12.8. The number of ether oxygens (including phenoxy) is 1. The van der Waals surface area contributed by atoms with E-state index in [0.29, 0.717) is 23.3 Å². The molecule has 1 heterocycles. The monoisotopic (exact) mass is 403 g/mol. The van der Waals surface area contributed by atoms with E-state index < -0.39 is 18.2 Å². The molecule has 156 valence electrons. The number of unbranched alkanes of at least 4 members (excludes halogenated alkanes) is 1. The Kier molecular flexibility index (Phi) is 7.70. The molecule has 29 heavy (non-hydrogen) atoms. The van der Waals surface area contributed by atoms with Crippen molar-refractivity contribution in [1.29, 1.82) is 0 Å². The predicted molar refractivity (Wildman–Crippen MR) is 107 cm³/mol. The van der Waals surface area contributed by atoms with Crippen molar-refractivity contribution in [3.8, 4) is 0 Å². The largest absolute Gasteiger partial charge is 0.448 e. The van der Waals surface area contributed by atoms with Gasteiger partial charge in [0.2, 0.25) is 5.62 Å². The number of amides is 2. The van der Waals surface area contributed by atoms with E-state index in [9.17, 15) is 14.4 Å². The number of nitrogens with one attached hydrogen (secondary N) is 1. The summed E-state index contributed by atoms with van der Waals surface area (Å²) in [6.07, 6.45) is -0.171. The van der Waals surface area contributed by atoms with Gasteiger partial charge in [0.25, 0.3) is 0 Å². The number of carbonyl (C=O) groups is 3. The molecular formula is C19H25N5O5. The van der Waals surface area contributed by atoms with E-state index in [-0.39, 0.29) is 12.2 Å². The number of hydrogen-bond acceptors (Lipinski definition) is 6. The number of hydrogen-bond donors (Lipinski definition) is 1. The van der Waals surface area contributed by atoms with E-state index in [1.165, 1.54) is 0 Å². The summed E-state index contributed by atoms with van der Waals surface area (Å²) < 4.78 is 7.02.